The van der Waals surface area contributed by atoms with Gasteiger partial charge >= 0.3 is 0 Å². The molecule has 4 rings (SSSR count). The first-order chi connectivity index (χ1) is 13.9. The van der Waals surface area contributed by atoms with Gasteiger partial charge in [-0.2, -0.15) is 4.31 Å². The molecule has 3 fully saturated rings. The summed E-state index contributed by atoms with van der Waals surface area (Å²) in [7, 11) is -3.62. The SMILES string of the molecule is O=C(CN1CCN(S(=O)(=O)c2ccc(F)cc2)CC1)N1CCC[C@H]2CCCC[C@H]21. The van der Waals surface area contributed by atoms with Crippen molar-refractivity contribution in [3.05, 3.63) is 30.1 Å². The van der Waals surface area contributed by atoms with Gasteiger partial charge in [0.1, 0.15) is 5.82 Å². The lowest BCUT2D eigenvalue weighted by molar-refractivity contribution is -0.139. The predicted molar refractivity (Wildman–Crippen MR) is 108 cm³/mol. The van der Waals surface area contributed by atoms with E-state index >= 15 is 0 Å². The first kappa shape index (κ1) is 20.8. The van der Waals surface area contributed by atoms with Crippen molar-refractivity contribution in [3.8, 4) is 0 Å². The summed E-state index contributed by atoms with van der Waals surface area (Å²) in [5.74, 6) is 0.404. The highest BCUT2D eigenvalue weighted by molar-refractivity contribution is 7.89. The molecule has 0 bridgehead atoms. The summed E-state index contributed by atoms with van der Waals surface area (Å²) in [6.07, 6.45) is 7.21. The average Bonchev–Trinajstić information content (AvgIpc) is 2.74. The standard InChI is InChI=1S/C21H30FN3O3S/c22-18-7-9-19(10-8-18)29(27,28)24-14-12-23(13-15-24)16-21(26)25-11-3-5-17-4-1-2-6-20(17)25/h7-10,17,20H,1-6,11-16H2/t17-,20-/m1/s1. The lowest BCUT2D eigenvalue weighted by atomic mass is 9.78. The largest absolute Gasteiger partial charge is 0.338 e. The van der Waals surface area contributed by atoms with Gasteiger partial charge in [-0.3, -0.25) is 9.69 Å². The molecular formula is C21H30FN3O3S. The Morgan fingerprint density at radius 3 is 2.31 bits per heavy atom. The van der Waals surface area contributed by atoms with Gasteiger partial charge in [0, 0.05) is 38.8 Å². The van der Waals surface area contributed by atoms with E-state index in [1.165, 1.54) is 54.3 Å². The van der Waals surface area contributed by atoms with Crippen LogP contribution in [0.1, 0.15) is 38.5 Å². The Morgan fingerprint density at radius 1 is 0.931 bits per heavy atom. The summed E-state index contributed by atoms with van der Waals surface area (Å²) in [6, 6.07) is 5.34. The van der Waals surface area contributed by atoms with Crippen molar-refractivity contribution in [2.24, 2.45) is 5.92 Å². The number of amides is 1. The Bertz CT molecular complexity index is 820. The van der Waals surface area contributed by atoms with Crippen LogP contribution in [0.3, 0.4) is 0 Å². The average molecular weight is 424 g/mol. The monoisotopic (exact) mass is 423 g/mol. The van der Waals surface area contributed by atoms with Crippen molar-refractivity contribution in [2.75, 3.05) is 39.3 Å². The maximum absolute atomic E-state index is 13.1. The van der Waals surface area contributed by atoms with Gasteiger partial charge in [-0.15, -0.1) is 0 Å². The van der Waals surface area contributed by atoms with Gasteiger partial charge in [0.2, 0.25) is 15.9 Å². The fraction of sp³-hybridized carbons (Fsp3) is 0.667. The number of carbonyl (C=O) groups excluding carboxylic acids is 1. The molecule has 0 unspecified atom stereocenters. The van der Waals surface area contributed by atoms with E-state index in [1.807, 2.05) is 0 Å². The molecule has 0 radical (unpaired) electrons. The van der Waals surface area contributed by atoms with Gasteiger partial charge in [0.15, 0.2) is 0 Å². The van der Waals surface area contributed by atoms with E-state index in [0.29, 0.717) is 44.7 Å². The number of nitrogens with zero attached hydrogens (tertiary/aromatic N) is 3. The third-order valence-corrected chi connectivity index (χ3v) is 8.62. The van der Waals surface area contributed by atoms with Gasteiger partial charge in [-0.1, -0.05) is 12.8 Å². The van der Waals surface area contributed by atoms with Gasteiger partial charge in [0.25, 0.3) is 0 Å². The summed E-state index contributed by atoms with van der Waals surface area (Å²) in [5, 5.41) is 0. The van der Waals surface area contributed by atoms with Crippen molar-refractivity contribution < 1.29 is 17.6 Å². The highest BCUT2D eigenvalue weighted by Crippen LogP contribution is 2.35. The van der Waals surface area contributed by atoms with Crippen LogP contribution in [0.15, 0.2) is 29.2 Å². The number of fused-ring (bicyclic) bond motifs is 1. The molecule has 1 amide bonds. The zero-order valence-corrected chi connectivity index (χ0v) is 17.6. The molecule has 1 aromatic carbocycles. The van der Waals surface area contributed by atoms with Crippen LogP contribution < -0.4 is 0 Å². The molecule has 1 aliphatic carbocycles. The summed E-state index contributed by atoms with van der Waals surface area (Å²) in [6.45, 7) is 2.99. The molecule has 6 nitrogen and oxygen atoms in total. The predicted octanol–water partition coefficient (Wildman–Crippen LogP) is 2.31. The minimum Gasteiger partial charge on any atom is -0.338 e. The van der Waals surface area contributed by atoms with Crippen LogP contribution in [0.25, 0.3) is 0 Å². The molecule has 2 atom stereocenters. The second-order valence-electron chi connectivity index (χ2n) is 8.48. The van der Waals surface area contributed by atoms with E-state index in [2.05, 4.69) is 9.80 Å². The first-order valence-electron chi connectivity index (χ1n) is 10.7. The molecule has 2 saturated heterocycles. The summed E-state index contributed by atoms with van der Waals surface area (Å²) in [4.78, 5) is 17.2. The second-order valence-corrected chi connectivity index (χ2v) is 10.4. The smallest absolute Gasteiger partial charge is 0.243 e. The molecule has 29 heavy (non-hydrogen) atoms. The molecule has 0 aromatic heterocycles. The normalized spacial score (nSPS) is 26.9. The second kappa shape index (κ2) is 8.70. The van der Waals surface area contributed by atoms with Crippen LogP contribution in [-0.4, -0.2) is 73.7 Å². The van der Waals surface area contributed by atoms with Crippen molar-refractivity contribution >= 4 is 15.9 Å². The number of likely N-dealkylation sites (tertiary alicyclic amines) is 1. The molecule has 0 N–H and O–H groups in total. The van der Waals surface area contributed by atoms with Gasteiger partial charge < -0.3 is 4.90 Å². The van der Waals surface area contributed by atoms with Crippen molar-refractivity contribution in [2.45, 2.75) is 49.5 Å². The fourth-order valence-electron chi connectivity index (χ4n) is 5.10. The number of rotatable bonds is 4. The Hall–Kier alpha value is -1.51. The van der Waals surface area contributed by atoms with Crippen LogP contribution >= 0.6 is 0 Å². The summed E-state index contributed by atoms with van der Waals surface area (Å²) in [5.41, 5.74) is 0. The van der Waals surface area contributed by atoms with E-state index in [-0.39, 0.29) is 10.8 Å². The maximum atomic E-state index is 13.1. The molecule has 160 valence electrons. The third kappa shape index (κ3) is 4.49. The Balaban J connectivity index is 1.32. The molecule has 1 aromatic rings. The quantitative estimate of drug-likeness (QED) is 0.746. The van der Waals surface area contributed by atoms with Gasteiger partial charge in [0.05, 0.1) is 11.4 Å². The third-order valence-electron chi connectivity index (χ3n) is 6.71. The molecule has 8 heteroatoms. The fourth-order valence-corrected chi connectivity index (χ4v) is 6.52. The zero-order chi connectivity index (χ0) is 20.4. The molecular weight excluding hydrogens is 393 g/mol. The maximum Gasteiger partial charge on any atom is 0.243 e. The number of hydrogen-bond donors (Lipinski definition) is 0. The number of carbonyl (C=O) groups is 1. The molecule has 2 heterocycles. The van der Waals surface area contributed by atoms with Crippen molar-refractivity contribution in [1.82, 2.24) is 14.1 Å². The molecule has 0 spiro atoms. The summed E-state index contributed by atoms with van der Waals surface area (Å²) < 4.78 is 40.0. The first-order valence-corrected chi connectivity index (χ1v) is 12.2. The Kier molecular flexibility index (Phi) is 6.22. The van der Waals surface area contributed by atoms with Crippen LogP contribution in [0.4, 0.5) is 4.39 Å². The van der Waals surface area contributed by atoms with E-state index < -0.39 is 15.8 Å². The topological polar surface area (TPSA) is 60.9 Å². The van der Waals surface area contributed by atoms with Gasteiger partial charge in [-0.25, -0.2) is 12.8 Å². The number of hydrogen-bond acceptors (Lipinski definition) is 4. The highest BCUT2D eigenvalue weighted by Gasteiger charge is 2.36. The van der Waals surface area contributed by atoms with E-state index in [9.17, 15) is 17.6 Å². The zero-order valence-electron chi connectivity index (χ0n) is 16.8. The van der Waals surface area contributed by atoms with Crippen LogP contribution in [0, 0.1) is 11.7 Å². The van der Waals surface area contributed by atoms with E-state index in [0.717, 1.165) is 19.4 Å². The molecule has 2 aliphatic heterocycles. The lowest BCUT2D eigenvalue weighted by Gasteiger charge is -2.45. The van der Waals surface area contributed by atoms with Crippen molar-refractivity contribution in [3.63, 3.8) is 0 Å². The highest BCUT2D eigenvalue weighted by atomic mass is 32.2. The Morgan fingerprint density at radius 2 is 1.59 bits per heavy atom. The molecule has 1 saturated carbocycles. The van der Waals surface area contributed by atoms with Crippen LogP contribution in [-0.2, 0) is 14.8 Å². The molecule has 3 aliphatic rings. The van der Waals surface area contributed by atoms with Gasteiger partial charge in [-0.05, 0) is 55.9 Å². The van der Waals surface area contributed by atoms with Crippen molar-refractivity contribution in [1.29, 1.82) is 0 Å². The Labute approximate surface area is 172 Å². The number of halogens is 1. The van der Waals surface area contributed by atoms with E-state index in [4.69, 9.17) is 0 Å². The minimum atomic E-state index is -3.62. The summed E-state index contributed by atoms with van der Waals surface area (Å²) >= 11 is 0. The minimum absolute atomic E-state index is 0.111. The lowest BCUT2D eigenvalue weighted by Crippen LogP contribution is -2.55. The number of piperidine rings is 1. The van der Waals surface area contributed by atoms with Crippen LogP contribution in [0.2, 0.25) is 0 Å². The van der Waals surface area contributed by atoms with Crippen LogP contribution in [0.5, 0.6) is 0 Å². The number of benzene rings is 1. The van der Waals surface area contributed by atoms with E-state index in [1.54, 1.807) is 0 Å². The number of piperazine rings is 1. The number of sulfonamides is 1.